The molecule has 0 aliphatic carbocycles. The second kappa shape index (κ2) is 4.40. The average Bonchev–Trinajstić information content (AvgIpc) is 2.86. The number of aromatic nitrogens is 3. The van der Waals surface area contributed by atoms with Crippen LogP contribution in [0.4, 0.5) is 4.79 Å². The van der Waals surface area contributed by atoms with E-state index in [1.165, 1.54) is 0 Å². The van der Waals surface area contributed by atoms with Crippen LogP contribution in [0.25, 0.3) is 0 Å². The van der Waals surface area contributed by atoms with Gasteiger partial charge in [-0.25, -0.2) is 4.79 Å². The van der Waals surface area contributed by atoms with Gasteiger partial charge in [0.2, 0.25) is 5.91 Å². The molecule has 0 radical (unpaired) electrons. The second-order valence-corrected chi connectivity index (χ2v) is 3.94. The summed E-state index contributed by atoms with van der Waals surface area (Å²) in [7, 11) is 1.80. The zero-order chi connectivity index (χ0) is 12.4. The Labute approximate surface area is 97.8 Å². The summed E-state index contributed by atoms with van der Waals surface area (Å²) in [5.41, 5.74) is 0. The topological polar surface area (TPSA) is 101 Å². The molecule has 1 aromatic heterocycles. The van der Waals surface area contributed by atoms with Crippen LogP contribution in [0.5, 0.6) is 0 Å². The minimum absolute atomic E-state index is 0.237. The van der Waals surface area contributed by atoms with Crippen molar-refractivity contribution >= 4 is 11.9 Å². The third kappa shape index (κ3) is 2.35. The lowest BCUT2D eigenvalue weighted by Gasteiger charge is -2.15. The molecule has 0 unspecified atom stereocenters. The molecule has 17 heavy (non-hydrogen) atoms. The number of carbonyl (C=O) groups excluding carboxylic acids is 2. The molecule has 92 valence electrons. The molecule has 0 spiro atoms. The van der Waals surface area contributed by atoms with E-state index in [0.29, 0.717) is 12.4 Å². The molecule has 3 N–H and O–H groups in total. The second-order valence-electron chi connectivity index (χ2n) is 3.94. The van der Waals surface area contributed by atoms with Gasteiger partial charge in [0.1, 0.15) is 12.4 Å². The first kappa shape index (κ1) is 11.4. The van der Waals surface area contributed by atoms with Gasteiger partial charge in [0.25, 0.3) is 0 Å². The molecule has 0 bridgehead atoms. The van der Waals surface area contributed by atoms with Crippen LogP contribution in [-0.4, -0.2) is 39.3 Å². The van der Waals surface area contributed by atoms with Gasteiger partial charge in [-0.2, -0.15) is 0 Å². The Bertz CT molecular complexity index is 442. The molecule has 1 aromatic rings. The van der Waals surface area contributed by atoms with E-state index in [1.807, 2.05) is 6.92 Å². The van der Waals surface area contributed by atoms with Crippen molar-refractivity contribution < 1.29 is 9.59 Å². The molecular formula is C9H14N6O2. The van der Waals surface area contributed by atoms with Gasteiger partial charge >= 0.3 is 6.03 Å². The van der Waals surface area contributed by atoms with E-state index in [9.17, 15) is 9.59 Å². The standard InChI is InChI=1S/C9H14N6O2/c1-5(7-14-11-4-15(7)2)12-8(16)6-3-10-9(17)13-6/h4-6H,3H2,1-2H3,(H,12,16)(H2,10,13,17)/t5-,6+/m0/s1. The van der Waals surface area contributed by atoms with Crippen molar-refractivity contribution in [3.63, 3.8) is 0 Å². The monoisotopic (exact) mass is 238 g/mol. The van der Waals surface area contributed by atoms with E-state index in [-0.39, 0.29) is 18.0 Å². The van der Waals surface area contributed by atoms with Gasteiger partial charge in [-0.1, -0.05) is 0 Å². The van der Waals surface area contributed by atoms with Crippen molar-refractivity contribution in [1.29, 1.82) is 0 Å². The zero-order valence-corrected chi connectivity index (χ0v) is 9.60. The highest BCUT2D eigenvalue weighted by Crippen LogP contribution is 2.07. The van der Waals surface area contributed by atoms with Gasteiger partial charge in [-0.3, -0.25) is 4.79 Å². The third-order valence-corrected chi connectivity index (χ3v) is 2.58. The molecule has 8 heteroatoms. The lowest BCUT2D eigenvalue weighted by Crippen LogP contribution is -2.44. The van der Waals surface area contributed by atoms with E-state index in [2.05, 4.69) is 26.1 Å². The Morgan fingerprint density at radius 1 is 1.71 bits per heavy atom. The normalized spacial score (nSPS) is 20.6. The number of hydrogen-bond donors (Lipinski definition) is 3. The average molecular weight is 238 g/mol. The molecule has 0 saturated carbocycles. The smallest absolute Gasteiger partial charge is 0.315 e. The van der Waals surface area contributed by atoms with Crippen molar-refractivity contribution in [2.24, 2.45) is 7.05 Å². The zero-order valence-electron chi connectivity index (χ0n) is 9.60. The van der Waals surface area contributed by atoms with Crippen molar-refractivity contribution in [2.45, 2.75) is 19.0 Å². The highest BCUT2D eigenvalue weighted by molar-refractivity contribution is 5.90. The van der Waals surface area contributed by atoms with Gasteiger partial charge in [0, 0.05) is 13.6 Å². The maximum atomic E-state index is 11.8. The Kier molecular flexibility index (Phi) is 2.94. The van der Waals surface area contributed by atoms with Gasteiger partial charge < -0.3 is 20.5 Å². The summed E-state index contributed by atoms with van der Waals surface area (Å²) in [6.07, 6.45) is 1.57. The fourth-order valence-corrected chi connectivity index (χ4v) is 1.68. The minimum Gasteiger partial charge on any atom is -0.345 e. The molecule has 1 fully saturated rings. The predicted molar refractivity (Wildman–Crippen MR) is 57.9 cm³/mol. The van der Waals surface area contributed by atoms with Gasteiger partial charge in [-0.05, 0) is 6.92 Å². The molecule has 0 aromatic carbocycles. The summed E-state index contributed by atoms with van der Waals surface area (Å²) < 4.78 is 1.73. The first-order valence-electron chi connectivity index (χ1n) is 5.26. The summed E-state index contributed by atoms with van der Waals surface area (Å²) in [5.74, 6) is 0.425. The van der Waals surface area contributed by atoms with Crippen LogP contribution in [0, 0.1) is 0 Å². The number of aryl methyl sites for hydroxylation is 1. The summed E-state index contributed by atoms with van der Waals surface area (Å²) in [6, 6.07) is -1.11. The molecule has 3 amide bonds. The predicted octanol–water partition coefficient (Wildman–Crippen LogP) is -1.33. The maximum absolute atomic E-state index is 11.8. The molecule has 1 saturated heterocycles. The number of urea groups is 1. The molecule has 1 aliphatic rings. The Morgan fingerprint density at radius 3 is 3.00 bits per heavy atom. The molecule has 2 heterocycles. The van der Waals surface area contributed by atoms with Crippen molar-refractivity contribution in [1.82, 2.24) is 30.7 Å². The number of nitrogens with zero attached hydrogens (tertiary/aromatic N) is 3. The number of carbonyl (C=O) groups is 2. The fraction of sp³-hybridized carbons (Fsp3) is 0.556. The van der Waals surface area contributed by atoms with E-state index >= 15 is 0 Å². The summed E-state index contributed by atoms with van der Waals surface area (Å²) in [5, 5.41) is 15.5. The Hall–Kier alpha value is -2.12. The van der Waals surface area contributed by atoms with Crippen LogP contribution in [0.1, 0.15) is 18.8 Å². The first-order chi connectivity index (χ1) is 8.08. The highest BCUT2D eigenvalue weighted by atomic mass is 16.2. The number of amides is 3. The van der Waals surface area contributed by atoms with E-state index in [0.717, 1.165) is 0 Å². The van der Waals surface area contributed by atoms with Crippen LogP contribution in [0.15, 0.2) is 6.33 Å². The van der Waals surface area contributed by atoms with Crippen LogP contribution >= 0.6 is 0 Å². The van der Waals surface area contributed by atoms with E-state index in [4.69, 9.17) is 0 Å². The largest absolute Gasteiger partial charge is 0.345 e. The van der Waals surface area contributed by atoms with E-state index < -0.39 is 6.04 Å². The van der Waals surface area contributed by atoms with Crippen LogP contribution in [0.2, 0.25) is 0 Å². The van der Waals surface area contributed by atoms with Crippen LogP contribution < -0.4 is 16.0 Å². The minimum atomic E-state index is -0.529. The molecular weight excluding hydrogens is 224 g/mol. The highest BCUT2D eigenvalue weighted by Gasteiger charge is 2.28. The molecule has 2 atom stereocenters. The number of hydrogen-bond acceptors (Lipinski definition) is 4. The maximum Gasteiger partial charge on any atom is 0.315 e. The van der Waals surface area contributed by atoms with Crippen molar-refractivity contribution in [2.75, 3.05) is 6.54 Å². The quantitative estimate of drug-likeness (QED) is 0.607. The van der Waals surface area contributed by atoms with Crippen molar-refractivity contribution in [3.8, 4) is 0 Å². The lowest BCUT2D eigenvalue weighted by molar-refractivity contribution is -0.123. The first-order valence-corrected chi connectivity index (χ1v) is 5.26. The Balaban J connectivity index is 1.95. The summed E-state index contributed by atoms with van der Waals surface area (Å²) in [4.78, 5) is 22.7. The van der Waals surface area contributed by atoms with Crippen LogP contribution in [0.3, 0.4) is 0 Å². The number of rotatable bonds is 3. The third-order valence-electron chi connectivity index (χ3n) is 2.58. The number of nitrogens with one attached hydrogen (secondary N) is 3. The lowest BCUT2D eigenvalue weighted by atomic mass is 10.2. The van der Waals surface area contributed by atoms with Crippen molar-refractivity contribution in [3.05, 3.63) is 12.2 Å². The van der Waals surface area contributed by atoms with Crippen LogP contribution in [-0.2, 0) is 11.8 Å². The fourth-order valence-electron chi connectivity index (χ4n) is 1.68. The summed E-state index contributed by atoms with van der Waals surface area (Å²) >= 11 is 0. The molecule has 2 rings (SSSR count). The molecule has 8 nitrogen and oxygen atoms in total. The SMILES string of the molecule is C[C@H](NC(=O)[C@H]1CNC(=O)N1)c1nncn1C. The molecule has 1 aliphatic heterocycles. The van der Waals surface area contributed by atoms with E-state index in [1.54, 1.807) is 17.9 Å². The Morgan fingerprint density at radius 2 is 2.47 bits per heavy atom. The van der Waals surface area contributed by atoms with Gasteiger partial charge in [0.15, 0.2) is 5.82 Å². The summed E-state index contributed by atoms with van der Waals surface area (Å²) in [6.45, 7) is 2.11. The van der Waals surface area contributed by atoms with Gasteiger partial charge in [-0.15, -0.1) is 10.2 Å². The van der Waals surface area contributed by atoms with Gasteiger partial charge in [0.05, 0.1) is 6.04 Å².